The molecule has 96 valence electrons. The van der Waals surface area contributed by atoms with Gasteiger partial charge in [0, 0.05) is 25.4 Å². The summed E-state index contributed by atoms with van der Waals surface area (Å²) in [7, 11) is 0. The lowest BCUT2D eigenvalue weighted by Crippen LogP contribution is -2.37. The summed E-state index contributed by atoms with van der Waals surface area (Å²) in [5.41, 5.74) is 2.50. The van der Waals surface area contributed by atoms with Crippen molar-refractivity contribution >= 4 is 6.09 Å². The second-order valence-corrected chi connectivity index (χ2v) is 4.48. The second kappa shape index (κ2) is 5.10. The molecule has 0 spiro atoms. The molecule has 0 bridgehead atoms. The SMILES string of the molecule is O=C(Oc1ccccn1)N1CCc2ccccc2C1. The number of rotatable bonds is 1. The Morgan fingerprint density at radius 2 is 1.89 bits per heavy atom. The number of benzene rings is 1. The number of ether oxygens (including phenoxy) is 1. The summed E-state index contributed by atoms with van der Waals surface area (Å²) >= 11 is 0. The van der Waals surface area contributed by atoms with Crippen LogP contribution < -0.4 is 4.74 Å². The predicted molar refractivity (Wildman–Crippen MR) is 70.8 cm³/mol. The number of aromatic nitrogens is 1. The van der Waals surface area contributed by atoms with Crippen molar-refractivity contribution < 1.29 is 9.53 Å². The topological polar surface area (TPSA) is 42.4 Å². The normalized spacial score (nSPS) is 13.8. The highest BCUT2D eigenvalue weighted by atomic mass is 16.6. The van der Waals surface area contributed by atoms with Crippen LogP contribution in [-0.2, 0) is 13.0 Å². The van der Waals surface area contributed by atoms with Crippen LogP contribution in [0, 0.1) is 0 Å². The van der Waals surface area contributed by atoms with Crippen LogP contribution in [0.4, 0.5) is 4.79 Å². The maximum atomic E-state index is 12.0. The first kappa shape index (κ1) is 11.7. The average Bonchev–Trinajstić information content (AvgIpc) is 2.48. The van der Waals surface area contributed by atoms with E-state index in [-0.39, 0.29) is 6.09 Å². The van der Waals surface area contributed by atoms with Crippen molar-refractivity contribution in [2.24, 2.45) is 0 Å². The molecule has 0 fully saturated rings. The third-order valence-electron chi connectivity index (χ3n) is 3.22. The predicted octanol–water partition coefficient (Wildman–Crippen LogP) is 2.64. The van der Waals surface area contributed by atoms with Gasteiger partial charge >= 0.3 is 6.09 Å². The molecule has 1 aromatic carbocycles. The van der Waals surface area contributed by atoms with Gasteiger partial charge in [-0.3, -0.25) is 0 Å². The van der Waals surface area contributed by atoms with Gasteiger partial charge in [-0.2, -0.15) is 0 Å². The fourth-order valence-corrected chi connectivity index (χ4v) is 2.21. The highest BCUT2D eigenvalue weighted by molar-refractivity contribution is 5.70. The zero-order valence-corrected chi connectivity index (χ0v) is 10.5. The van der Waals surface area contributed by atoms with Gasteiger partial charge in [0.15, 0.2) is 0 Å². The molecule has 0 N–H and O–H groups in total. The maximum Gasteiger partial charge on any atom is 0.416 e. The Bertz CT molecular complexity index is 584. The summed E-state index contributed by atoms with van der Waals surface area (Å²) in [4.78, 5) is 17.7. The van der Waals surface area contributed by atoms with Gasteiger partial charge < -0.3 is 9.64 Å². The van der Waals surface area contributed by atoms with Crippen LogP contribution in [0.3, 0.4) is 0 Å². The van der Waals surface area contributed by atoms with Gasteiger partial charge in [-0.05, 0) is 23.6 Å². The number of amides is 1. The van der Waals surface area contributed by atoms with E-state index in [1.165, 1.54) is 11.1 Å². The van der Waals surface area contributed by atoms with Crippen LogP contribution in [0.5, 0.6) is 5.88 Å². The summed E-state index contributed by atoms with van der Waals surface area (Å²) in [5.74, 6) is 0.339. The molecule has 0 aliphatic carbocycles. The van der Waals surface area contributed by atoms with Crippen molar-refractivity contribution in [3.05, 3.63) is 59.8 Å². The molecule has 2 aromatic rings. The molecule has 0 unspecified atom stereocenters. The van der Waals surface area contributed by atoms with E-state index in [0.717, 1.165) is 6.42 Å². The Morgan fingerprint density at radius 3 is 2.68 bits per heavy atom. The summed E-state index contributed by atoms with van der Waals surface area (Å²) < 4.78 is 5.24. The Hall–Kier alpha value is -2.36. The van der Waals surface area contributed by atoms with E-state index in [1.807, 2.05) is 12.1 Å². The van der Waals surface area contributed by atoms with E-state index in [0.29, 0.717) is 19.0 Å². The smallest absolute Gasteiger partial charge is 0.391 e. The number of carbonyl (C=O) groups is 1. The summed E-state index contributed by atoms with van der Waals surface area (Å²) in [6.45, 7) is 1.28. The van der Waals surface area contributed by atoms with Crippen LogP contribution in [0.15, 0.2) is 48.7 Å². The van der Waals surface area contributed by atoms with Gasteiger partial charge in [-0.1, -0.05) is 30.3 Å². The Balaban J connectivity index is 1.70. The number of carbonyl (C=O) groups excluding carboxylic acids is 1. The van der Waals surface area contributed by atoms with E-state index in [9.17, 15) is 4.79 Å². The third-order valence-corrected chi connectivity index (χ3v) is 3.22. The van der Waals surface area contributed by atoms with Gasteiger partial charge in [0.2, 0.25) is 5.88 Å². The Morgan fingerprint density at radius 1 is 1.11 bits per heavy atom. The molecule has 1 amide bonds. The van der Waals surface area contributed by atoms with Crippen molar-refractivity contribution in [2.45, 2.75) is 13.0 Å². The molecule has 0 saturated heterocycles. The molecule has 2 heterocycles. The second-order valence-electron chi connectivity index (χ2n) is 4.48. The van der Waals surface area contributed by atoms with E-state index in [1.54, 1.807) is 29.3 Å². The molecule has 1 aliphatic rings. The molecule has 0 atom stereocenters. The third kappa shape index (κ3) is 2.57. The highest BCUT2D eigenvalue weighted by Gasteiger charge is 2.21. The Kier molecular flexibility index (Phi) is 3.14. The van der Waals surface area contributed by atoms with Crippen LogP contribution in [0.25, 0.3) is 0 Å². The van der Waals surface area contributed by atoms with E-state index >= 15 is 0 Å². The molecule has 1 aliphatic heterocycles. The zero-order valence-electron chi connectivity index (χ0n) is 10.5. The maximum absolute atomic E-state index is 12.0. The number of pyridine rings is 1. The number of fused-ring (bicyclic) bond motifs is 1. The first-order chi connectivity index (χ1) is 9.33. The van der Waals surface area contributed by atoms with Crippen LogP contribution in [0.2, 0.25) is 0 Å². The Labute approximate surface area is 111 Å². The lowest BCUT2D eigenvalue weighted by Gasteiger charge is -2.27. The first-order valence-electron chi connectivity index (χ1n) is 6.27. The van der Waals surface area contributed by atoms with E-state index in [2.05, 4.69) is 17.1 Å². The lowest BCUT2D eigenvalue weighted by atomic mass is 10.0. The number of hydrogen-bond donors (Lipinski definition) is 0. The zero-order chi connectivity index (χ0) is 13.1. The quantitative estimate of drug-likeness (QED) is 0.785. The van der Waals surface area contributed by atoms with Crippen LogP contribution >= 0.6 is 0 Å². The molecule has 4 heteroatoms. The molecule has 0 radical (unpaired) electrons. The first-order valence-corrected chi connectivity index (χ1v) is 6.27. The molecular weight excluding hydrogens is 240 g/mol. The van der Waals surface area contributed by atoms with Gasteiger partial charge in [0.1, 0.15) is 0 Å². The molecule has 3 rings (SSSR count). The van der Waals surface area contributed by atoms with Gasteiger partial charge in [-0.25, -0.2) is 9.78 Å². The largest absolute Gasteiger partial charge is 0.416 e. The monoisotopic (exact) mass is 254 g/mol. The number of nitrogens with zero attached hydrogens (tertiary/aromatic N) is 2. The van der Waals surface area contributed by atoms with Crippen molar-refractivity contribution in [1.82, 2.24) is 9.88 Å². The summed E-state index contributed by atoms with van der Waals surface area (Å²) in [6, 6.07) is 13.4. The van der Waals surface area contributed by atoms with Crippen molar-refractivity contribution in [1.29, 1.82) is 0 Å². The average molecular weight is 254 g/mol. The van der Waals surface area contributed by atoms with Crippen molar-refractivity contribution in [3.63, 3.8) is 0 Å². The van der Waals surface area contributed by atoms with Crippen molar-refractivity contribution in [3.8, 4) is 5.88 Å². The van der Waals surface area contributed by atoms with Gasteiger partial charge in [-0.15, -0.1) is 0 Å². The van der Waals surface area contributed by atoms with Gasteiger partial charge in [0.05, 0.1) is 0 Å². The number of hydrogen-bond acceptors (Lipinski definition) is 3. The minimum atomic E-state index is -0.340. The fraction of sp³-hybridized carbons (Fsp3) is 0.200. The van der Waals surface area contributed by atoms with Crippen LogP contribution in [-0.4, -0.2) is 22.5 Å². The molecule has 0 saturated carbocycles. The standard InChI is InChI=1S/C15H14N2O2/c18-15(19-14-7-3-4-9-16-14)17-10-8-12-5-1-2-6-13(12)11-17/h1-7,9H,8,10-11H2. The minimum Gasteiger partial charge on any atom is -0.391 e. The summed E-state index contributed by atoms with van der Waals surface area (Å²) in [6.07, 6.45) is 2.13. The fourth-order valence-electron chi connectivity index (χ4n) is 2.21. The summed E-state index contributed by atoms with van der Waals surface area (Å²) in [5, 5.41) is 0. The van der Waals surface area contributed by atoms with Crippen molar-refractivity contribution in [2.75, 3.05) is 6.54 Å². The molecular formula is C15H14N2O2. The van der Waals surface area contributed by atoms with E-state index in [4.69, 9.17) is 4.74 Å². The van der Waals surface area contributed by atoms with Crippen LogP contribution in [0.1, 0.15) is 11.1 Å². The highest BCUT2D eigenvalue weighted by Crippen LogP contribution is 2.19. The minimum absolute atomic E-state index is 0.339. The van der Waals surface area contributed by atoms with Gasteiger partial charge in [0.25, 0.3) is 0 Å². The van der Waals surface area contributed by atoms with E-state index < -0.39 is 0 Å². The lowest BCUT2D eigenvalue weighted by molar-refractivity contribution is 0.145. The molecule has 1 aromatic heterocycles. The molecule has 4 nitrogen and oxygen atoms in total. The molecule has 19 heavy (non-hydrogen) atoms.